The van der Waals surface area contributed by atoms with Crippen LogP contribution in [0.4, 0.5) is 0 Å². The van der Waals surface area contributed by atoms with Gasteiger partial charge in [-0.2, -0.15) is 0 Å². The van der Waals surface area contributed by atoms with Crippen LogP contribution in [-0.4, -0.2) is 36.6 Å². The fourth-order valence-corrected chi connectivity index (χ4v) is 0.976. The number of ether oxygens (including phenoxy) is 2. The molecule has 0 aromatic rings. The lowest BCUT2D eigenvalue weighted by atomic mass is 10.2. The fraction of sp³-hybridized carbons (Fsp3) is 1.00. The maximum Gasteiger partial charge on any atom is 0.0807 e. The lowest BCUT2D eigenvalue weighted by molar-refractivity contribution is -0.0751. The molecule has 0 amide bonds. The third-order valence-corrected chi connectivity index (χ3v) is 2.14. The highest BCUT2D eigenvalue weighted by Gasteiger charge is 2.13. The topological polar surface area (TPSA) is 38.7 Å². The third-order valence-electron chi connectivity index (χ3n) is 2.14. The Morgan fingerprint density at radius 1 is 1.07 bits per heavy atom. The Kier molecular flexibility index (Phi) is 8.14. The first kappa shape index (κ1) is 13.9. The Morgan fingerprint density at radius 2 is 1.64 bits per heavy atom. The van der Waals surface area contributed by atoms with Gasteiger partial charge in [-0.25, -0.2) is 0 Å². The van der Waals surface area contributed by atoms with Gasteiger partial charge in [0.2, 0.25) is 0 Å². The summed E-state index contributed by atoms with van der Waals surface area (Å²) in [5.41, 5.74) is 0. The van der Waals surface area contributed by atoms with Crippen molar-refractivity contribution < 1.29 is 14.6 Å². The molecule has 14 heavy (non-hydrogen) atoms. The predicted octanol–water partition coefficient (Wildman–Crippen LogP) is 1.98. The number of unbranched alkanes of at least 4 members (excludes halogenated alkanes) is 1. The Hall–Kier alpha value is -0.120. The average molecular weight is 204 g/mol. The molecule has 0 saturated carbocycles. The van der Waals surface area contributed by atoms with Crippen molar-refractivity contribution in [1.82, 2.24) is 0 Å². The molecule has 0 spiro atoms. The monoisotopic (exact) mass is 204 g/mol. The molecule has 0 heterocycles. The van der Waals surface area contributed by atoms with Gasteiger partial charge in [0.15, 0.2) is 0 Å². The Bertz CT molecular complexity index is 126. The van der Waals surface area contributed by atoms with Gasteiger partial charge in [-0.05, 0) is 27.2 Å². The molecule has 0 aliphatic carbocycles. The molecular formula is C11H24O3. The molecule has 3 atom stereocenters. The molecule has 0 aliphatic rings. The van der Waals surface area contributed by atoms with Gasteiger partial charge >= 0.3 is 0 Å². The smallest absolute Gasteiger partial charge is 0.0807 e. The summed E-state index contributed by atoms with van der Waals surface area (Å²) in [6, 6.07) is 0. The number of hydrogen-bond donors (Lipinski definition) is 1. The van der Waals surface area contributed by atoms with Crippen LogP contribution in [0, 0.1) is 0 Å². The third kappa shape index (κ3) is 7.30. The second kappa shape index (κ2) is 8.21. The van der Waals surface area contributed by atoms with Crippen molar-refractivity contribution in [1.29, 1.82) is 0 Å². The van der Waals surface area contributed by atoms with Crippen LogP contribution in [0.3, 0.4) is 0 Å². The van der Waals surface area contributed by atoms with Crippen LogP contribution in [0.25, 0.3) is 0 Å². The molecule has 0 saturated heterocycles. The second-order valence-electron chi connectivity index (χ2n) is 3.82. The molecule has 3 unspecified atom stereocenters. The van der Waals surface area contributed by atoms with E-state index in [1.165, 1.54) is 0 Å². The van der Waals surface area contributed by atoms with E-state index in [0.717, 1.165) is 19.4 Å². The lowest BCUT2D eigenvalue weighted by Gasteiger charge is -2.21. The van der Waals surface area contributed by atoms with E-state index in [0.29, 0.717) is 6.61 Å². The molecule has 0 aliphatic heterocycles. The van der Waals surface area contributed by atoms with Gasteiger partial charge in [-0.1, -0.05) is 13.3 Å². The van der Waals surface area contributed by atoms with Crippen molar-refractivity contribution >= 4 is 0 Å². The molecule has 0 aromatic carbocycles. The van der Waals surface area contributed by atoms with Crippen LogP contribution >= 0.6 is 0 Å². The predicted molar refractivity (Wildman–Crippen MR) is 57.4 cm³/mol. The molecule has 0 bridgehead atoms. The number of aliphatic hydroxyl groups excluding tert-OH is 1. The minimum atomic E-state index is -0.403. The minimum absolute atomic E-state index is 0.0430. The van der Waals surface area contributed by atoms with E-state index in [1.807, 2.05) is 13.8 Å². The van der Waals surface area contributed by atoms with E-state index >= 15 is 0 Å². The summed E-state index contributed by atoms with van der Waals surface area (Å²) in [5, 5.41) is 9.03. The van der Waals surface area contributed by atoms with Crippen LogP contribution in [-0.2, 0) is 9.47 Å². The van der Waals surface area contributed by atoms with E-state index < -0.39 is 6.10 Å². The molecule has 3 nitrogen and oxygen atoms in total. The van der Waals surface area contributed by atoms with Crippen LogP contribution in [0.2, 0.25) is 0 Å². The SMILES string of the molecule is CCCCOC(C)C(C)OCC(C)O. The van der Waals surface area contributed by atoms with Gasteiger partial charge in [0.1, 0.15) is 0 Å². The van der Waals surface area contributed by atoms with E-state index in [4.69, 9.17) is 14.6 Å². The lowest BCUT2D eigenvalue weighted by Crippen LogP contribution is -2.29. The van der Waals surface area contributed by atoms with Gasteiger partial charge in [0.25, 0.3) is 0 Å². The number of aliphatic hydroxyl groups is 1. The zero-order valence-corrected chi connectivity index (χ0v) is 9.82. The van der Waals surface area contributed by atoms with Crippen LogP contribution in [0.15, 0.2) is 0 Å². The van der Waals surface area contributed by atoms with Crippen LogP contribution in [0.5, 0.6) is 0 Å². The summed E-state index contributed by atoms with van der Waals surface area (Å²) in [7, 11) is 0. The van der Waals surface area contributed by atoms with Crippen LogP contribution in [0.1, 0.15) is 40.5 Å². The molecule has 0 aromatic heterocycles. The molecule has 1 N–H and O–H groups in total. The van der Waals surface area contributed by atoms with E-state index in [2.05, 4.69) is 6.92 Å². The summed E-state index contributed by atoms with van der Waals surface area (Å²) in [6.07, 6.45) is 1.98. The Balaban J connectivity index is 3.49. The van der Waals surface area contributed by atoms with Gasteiger partial charge in [0, 0.05) is 6.61 Å². The Morgan fingerprint density at radius 3 is 2.14 bits per heavy atom. The van der Waals surface area contributed by atoms with E-state index in [9.17, 15) is 0 Å². The van der Waals surface area contributed by atoms with Crippen molar-refractivity contribution in [2.75, 3.05) is 13.2 Å². The van der Waals surface area contributed by atoms with Gasteiger partial charge in [0.05, 0.1) is 24.9 Å². The highest BCUT2D eigenvalue weighted by atomic mass is 16.5. The quantitative estimate of drug-likeness (QED) is 0.614. The number of rotatable bonds is 8. The van der Waals surface area contributed by atoms with Crippen molar-refractivity contribution in [2.24, 2.45) is 0 Å². The van der Waals surface area contributed by atoms with Gasteiger partial charge in [-0.3, -0.25) is 0 Å². The summed E-state index contributed by atoms with van der Waals surface area (Å²) in [6.45, 7) is 9.00. The summed E-state index contributed by atoms with van der Waals surface area (Å²) >= 11 is 0. The summed E-state index contributed by atoms with van der Waals surface area (Å²) in [5.74, 6) is 0. The standard InChI is InChI=1S/C11H24O3/c1-5-6-7-13-10(3)11(4)14-8-9(2)12/h9-12H,5-8H2,1-4H3. The number of hydrogen-bond acceptors (Lipinski definition) is 3. The zero-order chi connectivity index (χ0) is 11.0. The van der Waals surface area contributed by atoms with E-state index in [-0.39, 0.29) is 12.2 Å². The van der Waals surface area contributed by atoms with Crippen molar-refractivity contribution in [3.05, 3.63) is 0 Å². The maximum absolute atomic E-state index is 9.03. The maximum atomic E-state index is 9.03. The molecule has 86 valence electrons. The normalized spacial score (nSPS) is 17.8. The highest BCUT2D eigenvalue weighted by molar-refractivity contribution is 4.61. The van der Waals surface area contributed by atoms with Crippen molar-refractivity contribution in [3.63, 3.8) is 0 Å². The van der Waals surface area contributed by atoms with Gasteiger partial charge in [-0.15, -0.1) is 0 Å². The fourth-order valence-electron chi connectivity index (χ4n) is 0.976. The molecule has 0 rings (SSSR count). The first-order valence-corrected chi connectivity index (χ1v) is 5.49. The molecule has 0 fully saturated rings. The van der Waals surface area contributed by atoms with Crippen molar-refractivity contribution in [3.8, 4) is 0 Å². The summed E-state index contributed by atoms with van der Waals surface area (Å²) in [4.78, 5) is 0. The largest absolute Gasteiger partial charge is 0.391 e. The van der Waals surface area contributed by atoms with E-state index in [1.54, 1.807) is 6.92 Å². The van der Waals surface area contributed by atoms with Gasteiger partial charge < -0.3 is 14.6 Å². The average Bonchev–Trinajstić information content (AvgIpc) is 2.14. The van der Waals surface area contributed by atoms with Crippen LogP contribution < -0.4 is 0 Å². The molecular weight excluding hydrogens is 180 g/mol. The first-order valence-electron chi connectivity index (χ1n) is 5.49. The molecule has 3 heteroatoms. The minimum Gasteiger partial charge on any atom is -0.391 e. The second-order valence-corrected chi connectivity index (χ2v) is 3.82. The zero-order valence-electron chi connectivity index (χ0n) is 9.82. The van der Waals surface area contributed by atoms with Crippen molar-refractivity contribution in [2.45, 2.75) is 58.8 Å². The highest BCUT2D eigenvalue weighted by Crippen LogP contribution is 2.05. The molecule has 0 radical (unpaired) electrons. The summed E-state index contributed by atoms with van der Waals surface area (Å²) < 4.78 is 11.0. The first-order chi connectivity index (χ1) is 6.57. The Labute approximate surface area is 87.4 Å².